The summed E-state index contributed by atoms with van der Waals surface area (Å²) in [5.74, 6) is -0.559. The molecular formula is C20H35N3O5. The Morgan fingerprint density at radius 2 is 1.71 bits per heavy atom. The van der Waals surface area contributed by atoms with E-state index in [1.165, 1.54) is 32.1 Å². The van der Waals surface area contributed by atoms with Crippen molar-refractivity contribution in [2.45, 2.75) is 64.8 Å². The van der Waals surface area contributed by atoms with Gasteiger partial charge in [0, 0.05) is 39.8 Å². The van der Waals surface area contributed by atoms with Gasteiger partial charge in [0.25, 0.3) is 0 Å². The average molecular weight is 398 g/mol. The Bertz CT molecular complexity index is 585. The maximum Gasteiger partial charge on any atom is 0.247 e. The van der Waals surface area contributed by atoms with E-state index in [2.05, 4.69) is 5.32 Å². The second-order valence-electron chi connectivity index (χ2n) is 8.09. The molecule has 1 heterocycles. The molecule has 0 atom stereocenters. The Balaban J connectivity index is 3.36. The molecule has 28 heavy (non-hydrogen) atoms. The average Bonchev–Trinajstić information content (AvgIpc) is 2.61. The van der Waals surface area contributed by atoms with Gasteiger partial charge in [0.1, 0.15) is 5.54 Å². The first kappa shape index (κ1) is 24.1. The molecule has 0 unspecified atom stereocenters. The summed E-state index contributed by atoms with van der Waals surface area (Å²) in [6.45, 7) is 9.86. The van der Waals surface area contributed by atoms with Crippen molar-refractivity contribution >= 4 is 17.7 Å². The van der Waals surface area contributed by atoms with Crippen molar-refractivity contribution in [1.29, 1.82) is 0 Å². The number of nitrogens with zero attached hydrogens (tertiary/aromatic N) is 2. The lowest BCUT2D eigenvalue weighted by Gasteiger charge is -2.48. The summed E-state index contributed by atoms with van der Waals surface area (Å²) in [6.07, 6.45) is 3.10. The third-order valence-corrected chi connectivity index (χ3v) is 4.90. The maximum absolute atomic E-state index is 13.4. The fourth-order valence-electron chi connectivity index (χ4n) is 3.37. The zero-order chi connectivity index (χ0) is 21.5. The van der Waals surface area contributed by atoms with Gasteiger partial charge >= 0.3 is 0 Å². The third-order valence-electron chi connectivity index (χ3n) is 4.90. The first-order valence-corrected chi connectivity index (χ1v) is 9.58. The van der Waals surface area contributed by atoms with Crippen molar-refractivity contribution in [3.05, 3.63) is 12.2 Å². The number of rotatable bonds is 7. The van der Waals surface area contributed by atoms with Crippen molar-refractivity contribution in [2.75, 3.05) is 33.9 Å². The molecule has 0 saturated carbocycles. The van der Waals surface area contributed by atoms with Gasteiger partial charge in [-0.25, -0.2) is 0 Å². The van der Waals surface area contributed by atoms with E-state index >= 15 is 0 Å². The second kappa shape index (κ2) is 10.0. The van der Waals surface area contributed by atoms with Crippen LogP contribution in [0.15, 0.2) is 12.2 Å². The van der Waals surface area contributed by atoms with Gasteiger partial charge in [0.15, 0.2) is 6.29 Å². The van der Waals surface area contributed by atoms with E-state index in [-0.39, 0.29) is 24.3 Å². The van der Waals surface area contributed by atoms with Gasteiger partial charge in [-0.15, -0.1) is 0 Å². The number of ether oxygens (including phenoxy) is 2. The molecule has 160 valence electrons. The number of carbonyl (C=O) groups is 3. The number of amides is 3. The van der Waals surface area contributed by atoms with Crippen LogP contribution in [-0.2, 0) is 23.9 Å². The van der Waals surface area contributed by atoms with Gasteiger partial charge < -0.3 is 24.6 Å². The van der Waals surface area contributed by atoms with Crippen molar-refractivity contribution in [3.63, 3.8) is 0 Å². The summed E-state index contributed by atoms with van der Waals surface area (Å²) >= 11 is 0. The molecule has 1 saturated heterocycles. The van der Waals surface area contributed by atoms with Crippen LogP contribution < -0.4 is 5.32 Å². The minimum atomic E-state index is -1.09. The van der Waals surface area contributed by atoms with Crippen molar-refractivity contribution in [1.82, 2.24) is 15.1 Å². The van der Waals surface area contributed by atoms with Crippen LogP contribution in [0.2, 0.25) is 0 Å². The molecule has 0 spiro atoms. The minimum Gasteiger partial charge on any atom is -0.354 e. The summed E-state index contributed by atoms with van der Waals surface area (Å²) in [4.78, 5) is 41.4. The van der Waals surface area contributed by atoms with Gasteiger partial charge in [-0.2, -0.15) is 0 Å². The Kier molecular flexibility index (Phi) is 8.63. The lowest BCUT2D eigenvalue weighted by atomic mass is 9.83. The highest BCUT2D eigenvalue weighted by Gasteiger charge is 2.49. The Labute approximate surface area is 168 Å². The maximum atomic E-state index is 13.4. The number of hydrogen-bond acceptors (Lipinski definition) is 5. The smallest absolute Gasteiger partial charge is 0.247 e. The zero-order valence-corrected chi connectivity index (χ0v) is 18.2. The molecule has 0 aliphatic carbocycles. The summed E-state index contributed by atoms with van der Waals surface area (Å²) in [5.41, 5.74) is -1.55. The fourth-order valence-corrected chi connectivity index (χ4v) is 3.37. The largest absolute Gasteiger partial charge is 0.354 e. The molecule has 0 bridgehead atoms. The number of hydrogen-bond donors (Lipinski definition) is 1. The number of methoxy groups -OCH3 is 2. The lowest BCUT2D eigenvalue weighted by molar-refractivity contribution is -0.165. The lowest BCUT2D eigenvalue weighted by Crippen LogP contribution is -2.67. The summed E-state index contributed by atoms with van der Waals surface area (Å²) in [5, 5.41) is 3.02. The zero-order valence-electron chi connectivity index (χ0n) is 18.2. The van der Waals surface area contributed by atoms with E-state index < -0.39 is 17.4 Å². The summed E-state index contributed by atoms with van der Waals surface area (Å²) in [7, 11) is 2.99. The van der Waals surface area contributed by atoms with E-state index in [9.17, 15) is 14.4 Å². The molecule has 1 aliphatic rings. The van der Waals surface area contributed by atoms with Crippen LogP contribution in [0.3, 0.4) is 0 Å². The van der Waals surface area contributed by atoms with Gasteiger partial charge in [0.2, 0.25) is 17.7 Å². The Morgan fingerprint density at radius 3 is 2.11 bits per heavy atom. The summed E-state index contributed by atoms with van der Waals surface area (Å²) in [6, 6.07) is 0. The van der Waals surface area contributed by atoms with E-state index in [0.29, 0.717) is 25.9 Å². The molecule has 1 N–H and O–H groups in total. The number of nitrogens with one attached hydrogen (secondary N) is 1. The standard InChI is InChI=1S/C20H35N3O5/c1-8-9-16(25)23(14-17(27-6)28-7)20(18(26)21-19(3,4)5)10-12-22(13-11-20)15(2)24/h8-9,17H,10-14H2,1-7H3,(H,21,26)/b9-8+. The molecule has 0 radical (unpaired) electrons. The third kappa shape index (κ3) is 6.04. The molecule has 8 nitrogen and oxygen atoms in total. The highest BCUT2D eigenvalue weighted by atomic mass is 16.7. The first-order valence-electron chi connectivity index (χ1n) is 9.58. The van der Waals surface area contributed by atoms with Gasteiger partial charge in [-0.1, -0.05) is 6.08 Å². The number of allylic oxidation sites excluding steroid dienone is 1. The molecule has 0 aromatic rings. The highest BCUT2D eigenvalue weighted by Crippen LogP contribution is 2.31. The normalized spacial score (nSPS) is 17.1. The molecule has 0 aromatic heterocycles. The van der Waals surface area contributed by atoms with Crippen molar-refractivity contribution in [3.8, 4) is 0 Å². The second-order valence-corrected chi connectivity index (χ2v) is 8.09. The highest BCUT2D eigenvalue weighted by molar-refractivity contribution is 5.96. The van der Waals surface area contributed by atoms with Crippen LogP contribution in [0.5, 0.6) is 0 Å². The van der Waals surface area contributed by atoms with Crippen molar-refractivity contribution < 1.29 is 23.9 Å². The molecule has 8 heteroatoms. The predicted octanol–water partition coefficient (Wildman–Crippen LogP) is 1.31. The van der Waals surface area contributed by atoms with Gasteiger partial charge in [0.05, 0.1) is 6.54 Å². The Morgan fingerprint density at radius 1 is 1.18 bits per heavy atom. The number of carbonyl (C=O) groups excluding carboxylic acids is 3. The summed E-state index contributed by atoms with van der Waals surface area (Å²) < 4.78 is 10.6. The first-order chi connectivity index (χ1) is 13.0. The Hall–Kier alpha value is -1.93. The van der Waals surface area contributed by atoms with E-state index in [1.807, 2.05) is 20.8 Å². The van der Waals surface area contributed by atoms with Gasteiger partial charge in [-0.05, 0) is 46.6 Å². The minimum absolute atomic E-state index is 0.0391. The monoisotopic (exact) mass is 397 g/mol. The van der Waals surface area contributed by atoms with Crippen LogP contribution in [0.25, 0.3) is 0 Å². The van der Waals surface area contributed by atoms with Crippen LogP contribution in [0, 0.1) is 0 Å². The molecule has 1 aliphatic heterocycles. The molecule has 1 rings (SSSR count). The molecular weight excluding hydrogens is 362 g/mol. The molecule has 0 aromatic carbocycles. The quantitative estimate of drug-likeness (QED) is 0.517. The van der Waals surface area contributed by atoms with E-state index in [4.69, 9.17) is 9.47 Å². The van der Waals surface area contributed by atoms with Crippen molar-refractivity contribution in [2.24, 2.45) is 0 Å². The molecule has 3 amide bonds. The topological polar surface area (TPSA) is 88.2 Å². The molecule has 1 fully saturated rings. The van der Waals surface area contributed by atoms with E-state index in [1.54, 1.807) is 17.9 Å². The number of piperidine rings is 1. The number of likely N-dealkylation sites (tertiary alicyclic amines) is 1. The van der Waals surface area contributed by atoms with Crippen LogP contribution in [-0.4, -0.2) is 78.7 Å². The van der Waals surface area contributed by atoms with Crippen LogP contribution >= 0.6 is 0 Å². The fraction of sp³-hybridized carbons (Fsp3) is 0.750. The van der Waals surface area contributed by atoms with E-state index in [0.717, 1.165) is 0 Å². The van der Waals surface area contributed by atoms with Crippen LogP contribution in [0.4, 0.5) is 0 Å². The van der Waals surface area contributed by atoms with Gasteiger partial charge in [-0.3, -0.25) is 14.4 Å². The van der Waals surface area contributed by atoms with Crippen LogP contribution in [0.1, 0.15) is 47.5 Å². The SMILES string of the molecule is C/C=C/C(=O)N(CC(OC)OC)C1(C(=O)NC(C)(C)C)CCN(C(C)=O)CC1. The predicted molar refractivity (Wildman–Crippen MR) is 106 cm³/mol.